The molecule has 1 amide bonds. The van der Waals surface area contributed by atoms with Crippen molar-refractivity contribution >= 4 is 17.5 Å². The maximum atomic E-state index is 11.9. The Balaban J connectivity index is 1.96. The third kappa shape index (κ3) is 3.15. The van der Waals surface area contributed by atoms with E-state index in [-0.39, 0.29) is 11.1 Å². The van der Waals surface area contributed by atoms with E-state index in [0.29, 0.717) is 5.56 Å². The zero-order valence-corrected chi connectivity index (χ0v) is 10.4. The number of hydrogen-bond donors (Lipinski definition) is 1. The molecule has 1 saturated heterocycles. The molecule has 1 aliphatic heterocycles. The Bertz CT molecular complexity index is 404. The van der Waals surface area contributed by atoms with Crippen molar-refractivity contribution in [3.8, 4) is 0 Å². The quantitative estimate of drug-likeness (QED) is 0.787. The van der Waals surface area contributed by atoms with Gasteiger partial charge in [0.05, 0.1) is 5.56 Å². The molecule has 92 valence electrons. The summed E-state index contributed by atoms with van der Waals surface area (Å²) in [4.78, 5) is 18.0. The van der Waals surface area contributed by atoms with Gasteiger partial charge in [0.15, 0.2) is 0 Å². The number of nitrogens with one attached hydrogen (secondary N) is 1. The van der Waals surface area contributed by atoms with Crippen LogP contribution < -0.4 is 5.43 Å². The Morgan fingerprint density at radius 2 is 2.12 bits per heavy atom. The summed E-state index contributed by atoms with van der Waals surface area (Å²) in [6, 6.07) is 3.37. The summed E-state index contributed by atoms with van der Waals surface area (Å²) in [5, 5.41) is 2.14. The minimum atomic E-state index is -0.201. The van der Waals surface area contributed by atoms with E-state index in [1.807, 2.05) is 5.01 Å². The molecule has 1 aliphatic rings. The lowest BCUT2D eigenvalue weighted by Gasteiger charge is -2.32. The van der Waals surface area contributed by atoms with Gasteiger partial charge in [0, 0.05) is 32.4 Å². The van der Waals surface area contributed by atoms with Crippen molar-refractivity contribution in [2.45, 2.75) is 0 Å². The van der Waals surface area contributed by atoms with Gasteiger partial charge in [-0.25, -0.2) is 9.99 Å². The van der Waals surface area contributed by atoms with Crippen LogP contribution in [0.1, 0.15) is 10.4 Å². The number of hydrogen-bond acceptors (Lipinski definition) is 4. The summed E-state index contributed by atoms with van der Waals surface area (Å²) in [5.74, 6) is -0.201. The summed E-state index contributed by atoms with van der Waals surface area (Å²) in [5.41, 5.74) is 3.25. The van der Waals surface area contributed by atoms with Gasteiger partial charge in [0.25, 0.3) is 5.91 Å². The van der Waals surface area contributed by atoms with Crippen molar-refractivity contribution in [2.75, 3.05) is 33.2 Å². The first-order valence-electron chi connectivity index (χ1n) is 5.52. The highest BCUT2D eigenvalue weighted by atomic mass is 35.5. The van der Waals surface area contributed by atoms with Crippen molar-refractivity contribution in [1.82, 2.24) is 20.3 Å². The third-order valence-electron chi connectivity index (χ3n) is 2.77. The van der Waals surface area contributed by atoms with Crippen molar-refractivity contribution in [2.24, 2.45) is 0 Å². The van der Waals surface area contributed by atoms with Gasteiger partial charge < -0.3 is 4.90 Å². The van der Waals surface area contributed by atoms with Crippen LogP contribution >= 0.6 is 11.6 Å². The number of carbonyl (C=O) groups excluding carboxylic acids is 1. The van der Waals surface area contributed by atoms with E-state index in [4.69, 9.17) is 11.6 Å². The molecular formula is C11H15ClN4O. The molecule has 5 nitrogen and oxygen atoms in total. The molecule has 1 fully saturated rings. The molecule has 1 aromatic rings. The first kappa shape index (κ1) is 12.3. The highest BCUT2D eigenvalue weighted by Crippen LogP contribution is 2.11. The van der Waals surface area contributed by atoms with Crippen LogP contribution in [0.4, 0.5) is 0 Å². The van der Waals surface area contributed by atoms with Crippen molar-refractivity contribution in [3.05, 3.63) is 29.0 Å². The molecule has 2 rings (SSSR count). The average molecular weight is 255 g/mol. The van der Waals surface area contributed by atoms with Gasteiger partial charge in [-0.3, -0.25) is 10.2 Å². The van der Waals surface area contributed by atoms with Crippen LogP contribution in [0, 0.1) is 0 Å². The highest BCUT2D eigenvalue weighted by Gasteiger charge is 2.17. The molecule has 17 heavy (non-hydrogen) atoms. The van der Waals surface area contributed by atoms with Crippen LogP contribution in [0.3, 0.4) is 0 Å². The van der Waals surface area contributed by atoms with Gasteiger partial charge in [-0.1, -0.05) is 11.6 Å². The molecule has 0 aliphatic carbocycles. The standard InChI is InChI=1S/C11H15ClN4O/c1-15-5-7-16(8-6-15)14-11(17)9-3-2-4-13-10(9)12/h2-4H,5-8H2,1H3,(H,14,17). The maximum Gasteiger partial charge on any atom is 0.268 e. The number of pyridine rings is 1. The number of hydrazine groups is 1. The zero-order chi connectivity index (χ0) is 12.3. The lowest BCUT2D eigenvalue weighted by Crippen LogP contribution is -2.52. The number of piperazine rings is 1. The van der Waals surface area contributed by atoms with Crippen LogP contribution in [0.15, 0.2) is 18.3 Å². The van der Waals surface area contributed by atoms with Crippen molar-refractivity contribution in [3.63, 3.8) is 0 Å². The van der Waals surface area contributed by atoms with Crippen molar-refractivity contribution < 1.29 is 4.79 Å². The molecule has 0 radical (unpaired) electrons. The van der Waals surface area contributed by atoms with E-state index in [1.165, 1.54) is 0 Å². The number of rotatable bonds is 2. The van der Waals surface area contributed by atoms with Crippen LogP contribution in [-0.4, -0.2) is 54.0 Å². The Labute approximate surface area is 105 Å². The molecular weight excluding hydrogens is 240 g/mol. The van der Waals surface area contributed by atoms with Crippen LogP contribution in [0.5, 0.6) is 0 Å². The summed E-state index contributed by atoms with van der Waals surface area (Å²) in [6.07, 6.45) is 1.56. The summed E-state index contributed by atoms with van der Waals surface area (Å²) < 4.78 is 0. The highest BCUT2D eigenvalue weighted by molar-refractivity contribution is 6.32. The molecule has 1 N–H and O–H groups in total. The number of aromatic nitrogens is 1. The van der Waals surface area contributed by atoms with Crippen LogP contribution in [-0.2, 0) is 0 Å². The van der Waals surface area contributed by atoms with E-state index in [9.17, 15) is 4.79 Å². The van der Waals surface area contributed by atoms with Gasteiger partial charge in [-0.2, -0.15) is 0 Å². The molecule has 0 unspecified atom stereocenters. The molecule has 1 aromatic heterocycles. The second-order valence-corrected chi connectivity index (χ2v) is 4.43. The molecule has 0 spiro atoms. The maximum absolute atomic E-state index is 11.9. The molecule has 0 bridgehead atoms. The van der Waals surface area contributed by atoms with E-state index in [2.05, 4.69) is 22.4 Å². The van der Waals surface area contributed by atoms with Gasteiger partial charge in [0.1, 0.15) is 5.15 Å². The van der Waals surface area contributed by atoms with E-state index >= 15 is 0 Å². The number of halogens is 1. The van der Waals surface area contributed by atoms with E-state index in [0.717, 1.165) is 26.2 Å². The Kier molecular flexibility index (Phi) is 3.93. The first-order chi connectivity index (χ1) is 8.16. The molecule has 0 saturated carbocycles. The molecule has 0 aromatic carbocycles. The molecule has 0 atom stereocenters. The predicted octanol–water partition coefficient (Wildman–Crippen LogP) is 0.627. The zero-order valence-electron chi connectivity index (χ0n) is 9.69. The Hall–Kier alpha value is -1.17. The number of nitrogens with zero attached hydrogens (tertiary/aromatic N) is 3. The lowest BCUT2D eigenvalue weighted by atomic mass is 10.3. The third-order valence-corrected chi connectivity index (χ3v) is 3.07. The fourth-order valence-corrected chi connectivity index (χ4v) is 1.88. The normalized spacial score (nSPS) is 18.0. The molecule has 6 heteroatoms. The van der Waals surface area contributed by atoms with Gasteiger partial charge in [-0.05, 0) is 19.2 Å². The summed E-state index contributed by atoms with van der Waals surface area (Å²) in [6.45, 7) is 3.53. The fourth-order valence-electron chi connectivity index (χ4n) is 1.68. The Morgan fingerprint density at radius 3 is 2.76 bits per heavy atom. The predicted molar refractivity (Wildman–Crippen MR) is 65.8 cm³/mol. The number of amides is 1. The SMILES string of the molecule is CN1CCN(NC(=O)c2cccnc2Cl)CC1. The second kappa shape index (κ2) is 5.44. The lowest BCUT2D eigenvalue weighted by molar-refractivity contribution is 0.0662. The van der Waals surface area contributed by atoms with Gasteiger partial charge in [-0.15, -0.1) is 0 Å². The average Bonchev–Trinajstić information content (AvgIpc) is 2.32. The number of likely N-dealkylation sites (N-methyl/N-ethyl adjacent to an activating group) is 1. The van der Waals surface area contributed by atoms with Gasteiger partial charge >= 0.3 is 0 Å². The molecule has 2 heterocycles. The Morgan fingerprint density at radius 1 is 1.41 bits per heavy atom. The van der Waals surface area contributed by atoms with Crippen LogP contribution in [0.25, 0.3) is 0 Å². The fraction of sp³-hybridized carbons (Fsp3) is 0.455. The number of carbonyl (C=O) groups is 1. The first-order valence-corrected chi connectivity index (χ1v) is 5.89. The topological polar surface area (TPSA) is 48.5 Å². The van der Waals surface area contributed by atoms with Crippen molar-refractivity contribution in [1.29, 1.82) is 0 Å². The van der Waals surface area contributed by atoms with Gasteiger partial charge in [0.2, 0.25) is 0 Å². The summed E-state index contributed by atoms with van der Waals surface area (Å²) >= 11 is 5.86. The smallest absolute Gasteiger partial charge is 0.268 e. The minimum Gasteiger partial charge on any atom is -0.304 e. The second-order valence-electron chi connectivity index (χ2n) is 4.07. The van der Waals surface area contributed by atoms with E-state index < -0.39 is 0 Å². The summed E-state index contributed by atoms with van der Waals surface area (Å²) in [7, 11) is 2.07. The van der Waals surface area contributed by atoms with Crippen LogP contribution in [0.2, 0.25) is 5.15 Å². The van der Waals surface area contributed by atoms with E-state index in [1.54, 1.807) is 18.3 Å². The monoisotopic (exact) mass is 254 g/mol. The minimum absolute atomic E-state index is 0.201. The largest absolute Gasteiger partial charge is 0.304 e.